The third kappa shape index (κ3) is 3.68. The summed E-state index contributed by atoms with van der Waals surface area (Å²) in [5.74, 6) is -0.287. The van der Waals surface area contributed by atoms with E-state index in [1.807, 2.05) is 60.7 Å². The maximum Gasteiger partial charge on any atom is 0.261 e. The van der Waals surface area contributed by atoms with Gasteiger partial charge in [-0.25, -0.2) is 5.48 Å². The van der Waals surface area contributed by atoms with E-state index in [4.69, 9.17) is 4.84 Å². The molecule has 1 atom stereocenters. The van der Waals surface area contributed by atoms with Crippen molar-refractivity contribution in [3.8, 4) is 0 Å². The molecule has 0 saturated carbocycles. The molecule has 0 aliphatic rings. The number of likely N-dealkylation sites (N-methyl/N-ethyl adjacent to an activating group) is 1. The lowest BCUT2D eigenvalue weighted by molar-refractivity contribution is -0.133. The first-order valence-electron chi connectivity index (χ1n) is 6.88. The molecule has 4 heteroatoms. The third-order valence-corrected chi connectivity index (χ3v) is 3.45. The fourth-order valence-electron chi connectivity index (χ4n) is 2.51. The zero-order valence-corrected chi connectivity index (χ0v) is 12.2. The first kappa shape index (κ1) is 15.2. The molecule has 0 bridgehead atoms. The maximum absolute atomic E-state index is 12.3. The molecule has 0 heterocycles. The molecule has 2 aromatic rings. The topological polar surface area (TPSA) is 50.4 Å². The van der Waals surface area contributed by atoms with Crippen LogP contribution in [0.4, 0.5) is 0 Å². The van der Waals surface area contributed by atoms with Crippen LogP contribution in [-0.2, 0) is 9.63 Å². The predicted octanol–water partition coefficient (Wildman–Crippen LogP) is 2.08. The molecular formula is C17H20N2O2. The smallest absolute Gasteiger partial charge is 0.261 e. The summed E-state index contributed by atoms with van der Waals surface area (Å²) in [5, 5.41) is 3.09. The Morgan fingerprint density at radius 3 is 1.81 bits per heavy atom. The number of nitrogens with one attached hydrogen (secondary N) is 2. The van der Waals surface area contributed by atoms with Crippen molar-refractivity contribution in [2.45, 2.75) is 12.0 Å². The van der Waals surface area contributed by atoms with Crippen molar-refractivity contribution < 1.29 is 9.63 Å². The highest BCUT2D eigenvalue weighted by molar-refractivity contribution is 5.82. The summed E-state index contributed by atoms with van der Waals surface area (Å²) >= 11 is 0. The van der Waals surface area contributed by atoms with Gasteiger partial charge in [-0.3, -0.25) is 9.63 Å². The van der Waals surface area contributed by atoms with Gasteiger partial charge in [-0.05, 0) is 18.2 Å². The number of carbonyl (C=O) groups is 1. The van der Waals surface area contributed by atoms with Crippen LogP contribution in [0.3, 0.4) is 0 Å². The molecular weight excluding hydrogens is 264 g/mol. The zero-order valence-electron chi connectivity index (χ0n) is 12.2. The number of carbonyl (C=O) groups excluding carboxylic acids is 1. The van der Waals surface area contributed by atoms with Crippen molar-refractivity contribution in [3.63, 3.8) is 0 Å². The van der Waals surface area contributed by atoms with Crippen LogP contribution in [0, 0.1) is 0 Å². The lowest BCUT2D eigenvalue weighted by Gasteiger charge is -2.26. The van der Waals surface area contributed by atoms with Crippen LogP contribution in [0.5, 0.6) is 0 Å². The van der Waals surface area contributed by atoms with E-state index in [1.54, 1.807) is 7.05 Å². The number of amides is 1. The number of hydrogen-bond acceptors (Lipinski definition) is 3. The Hall–Kier alpha value is -2.17. The largest absolute Gasteiger partial charge is 0.308 e. The Morgan fingerprint density at radius 1 is 0.952 bits per heavy atom. The minimum Gasteiger partial charge on any atom is -0.308 e. The number of hydroxylamine groups is 1. The van der Waals surface area contributed by atoms with Crippen LogP contribution in [0.2, 0.25) is 0 Å². The molecule has 1 amide bonds. The molecule has 2 N–H and O–H groups in total. The van der Waals surface area contributed by atoms with Crippen LogP contribution in [0.25, 0.3) is 0 Å². The highest BCUT2D eigenvalue weighted by atomic mass is 16.6. The van der Waals surface area contributed by atoms with Gasteiger partial charge in [0.1, 0.15) is 0 Å². The lowest BCUT2D eigenvalue weighted by atomic mass is 9.84. The summed E-state index contributed by atoms with van der Waals surface area (Å²) in [6.45, 7) is 0. The molecule has 4 nitrogen and oxygen atoms in total. The molecule has 0 spiro atoms. The summed E-state index contributed by atoms with van der Waals surface area (Å²) in [5.41, 5.74) is 4.57. The van der Waals surface area contributed by atoms with Crippen molar-refractivity contribution in [1.82, 2.24) is 10.8 Å². The molecule has 0 aliphatic carbocycles. The van der Waals surface area contributed by atoms with Crippen LogP contribution < -0.4 is 10.8 Å². The van der Waals surface area contributed by atoms with Gasteiger partial charge in [-0.2, -0.15) is 0 Å². The lowest BCUT2D eigenvalue weighted by Crippen LogP contribution is -2.46. The monoisotopic (exact) mass is 284 g/mol. The van der Waals surface area contributed by atoms with Crippen LogP contribution >= 0.6 is 0 Å². The van der Waals surface area contributed by atoms with E-state index in [-0.39, 0.29) is 11.8 Å². The van der Waals surface area contributed by atoms with Gasteiger partial charge < -0.3 is 5.32 Å². The molecule has 0 aliphatic heterocycles. The van der Waals surface area contributed by atoms with Gasteiger partial charge in [-0.1, -0.05) is 60.7 Å². The summed E-state index contributed by atoms with van der Waals surface area (Å²) in [6.07, 6.45) is 0. The number of hydrogen-bond donors (Lipinski definition) is 2. The Morgan fingerprint density at radius 2 is 1.43 bits per heavy atom. The Labute approximate surface area is 125 Å². The Bertz CT molecular complexity index is 518. The van der Waals surface area contributed by atoms with Gasteiger partial charge in [0.05, 0.1) is 13.2 Å². The van der Waals surface area contributed by atoms with E-state index in [9.17, 15) is 4.79 Å². The molecule has 0 saturated heterocycles. The van der Waals surface area contributed by atoms with Crippen molar-refractivity contribution >= 4 is 5.91 Å². The quantitative estimate of drug-likeness (QED) is 0.799. The molecule has 0 aromatic heterocycles. The highest BCUT2D eigenvalue weighted by Gasteiger charge is 2.29. The van der Waals surface area contributed by atoms with Crippen molar-refractivity contribution in [1.29, 1.82) is 0 Å². The summed E-state index contributed by atoms with van der Waals surface area (Å²) < 4.78 is 0. The van der Waals surface area contributed by atoms with Crippen molar-refractivity contribution in [3.05, 3.63) is 71.8 Å². The molecule has 110 valence electrons. The highest BCUT2D eigenvalue weighted by Crippen LogP contribution is 2.28. The molecule has 0 fully saturated rings. The van der Waals surface area contributed by atoms with E-state index in [0.717, 1.165) is 11.1 Å². The fraction of sp³-hybridized carbons (Fsp3) is 0.235. The molecule has 2 rings (SSSR count). The zero-order chi connectivity index (χ0) is 15.1. The van der Waals surface area contributed by atoms with E-state index < -0.39 is 6.04 Å². The SMILES string of the molecule is CNC(C(=O)NOC)C(c1ccccc1)c1ccccc1. The standard InChI is InChI=1S/C17H20N2O2/c1-18-16(17(20)19-21-2)15(13-9-5-3-6-10-13)14-11-7-4-8-12-14/h3-12,15-16,18H,1-2H3,(H,19,20). The number of rotatable bonds is 6. The molecule has 1 unspecified atom stereocenters. The van der Waals surface area contributed by atoms with Gasteiger partial charge in [-0.15, -0.1) is 0 Å². The van der Waals surface area contributed by atoms with Gasteiger partial charge in [0.15, 0.2) is 0 Å². The summed E-state index contributed by atoms with van der Waals surface area (Å²) in [6, 6.07) is 19.5. The van der Waals surface area contributed by atoms with Crippen LogP contribution in [0.15, 0.2) is 60.7 Å². The second-order valence-corrected chi connectivity index (χ2v) is 4.74. The fourth-order valence-corrected chi connectivity index (χ4v) is 2.51. The van der Waals surface area contributed by atoms with E-state index in [2.05, 4.69) is 10.8 Å². The van der Waals surface area contributed by atoms with Gasteiger partial charge in [0.25, 0.3) is 5.91 Å². The molecule has 0 radical (unpaired) electrons. The first-order valence-corrected chi connectivity index (χ1v) is 6.88. The van der Waals surface area contributed by atoms with Crippen LogP contribution in [-0.4, -0.2) is 26.1 Å². The van der Waals surface area contributed by atoms with E-state index >= 15 is 0 Å². The second-order valence-electron chi connectivity index (χ2n) is 4.74. The normalized spacial score (nSPS) is 12.1. The van der Waals surface area contributed by atoms with Gasteiger partial charge in [0, 0.05) is 5.92 Å². The van der Waals surface area contributed by atoms with Crippen LogP contribution in [0.1, 0.15) is 17.0 Å². The maximum atomic E-state index is 12.3. The minimum absolute atomic E-state index is 0.0902. The summed E-state index contributed by atoms with van der Waals surface area (Å²) in [4.78, 5) is 17.0. The Kier molecular flexibility index (Phi) is 5.49. The van der Waals surface area contributed by atoms with E-state index in [1.165, 1.54) is 7.11 Å². The van der Waals surface area contributed by atoms with Gasteiger partial charge >= 0.3 is 0 Å². The van der Waals surface area contributed by atoms with Gasteiger partial charge in [0.2, 0.25) is 0 Å². The van der Waals surface area contributed by atoms with E-state index in [0.29, 0.717) is 0 Å². The predicted molar refractivity (Wildman–Crippen MR) is 82.7 cm³/mol. The van der Waals surface area contributed by atoms with Crippen molar-refractivity contribution in [2.24, 2.45) is 0 Å². The Balaban J connectivity index is 2.43. The number of benzene rings is 2. The van der Waals surface area contributed by atoms with Crippen molar-refractivity contribution in [2.75, 3.05) is 14.2 Å². The average molecular weight is 284 g/mol. The minimum atomic E-state index is -0.422. The average Bonchev–Trinajstić information content (AvgIpc) is 2.54. The first-order chi connectivity index (χ1) is 10.3. The summed E-state index contributed by atoms with van der Waals surface area (Å²) in [7, 11) is 3.21. The molecule has 21 heavy (non-hydrogen) atoms. The second kappa shape index (κ2) is 7.57. The third-order valence-electron chi connectivity index (χ3n) is 3.45. The molecule has 2 aromatic carbocycles.